The molecule has 1 aliphatic rings. The molecule has 0 atom stereocenters. The van der Waals surface area contributed by atoms with Crippen molar-refractivity contribution >= 4 is 45.0 Å². The van der Waals surface area contributed by atoms with Gasteiger partial charge in [-0.25, -0.2) is 4.98 Å². The van der Waals surface area contributed by atoms with Crippen molar-refractivity contribution in [2.75, 3.05) is 44.3 Å². The zero-order valence-electron chi connectivity index (χ0n) is 16.1. The number of nitrogens with zero attached hydrogens (tertiary/aromatic N) is 3. The number of thiazole rings is 1. The summed E-state index contributed by atoms with van der Waals surface area (Å²) in [5.41, 5.74) is 0.480. The van der Waals surface area contributed by atoms with Gasteiger partial charge in [-0.15, -0.1) is 25.6 Å². The number of rotatable bonds is 6. The van der Waals surface area contributed by atoms with E-state index in [9.17, 15) is 18.0 Å². The maximum atomic E-state index is 13.0. The number of fused-ring (bicyclic) bond motifs is 1. The quantitative estimate of drug-likeness (QED) is 0.530. The molecule has 0 aliphatic carbocycles. The molecule has 0 N–H and O–H groups in total. The third-order valence-electron chi connectivity index (χ3n) is 4.53. The first-order valence-corrected chi connectivity index (χ1v) is 10.0. The summed E-state index contributed by atoms with van der Waals surface area (Å²) in [5, 5.41) is 0.379. The highest BCUT2D eigenvalue weighted by Crippen LogP contribution is 2.33. The van der Waals surface area contributed by atoms with Gasteiger partial charge < -0.3 is 13.9 Å². The molecular formula is C19H19ClF3N3O4S. The van der Waals surface area contributed by atoms with Crippen molar-refractivity contribution in [2.45, 2.75) is 6.36 Å². The molecule has 4 rings (SSSR count). The number of anilines is 1. The predicted molar refractivity (Wildman–Crippen MR) is 111 cm³/mol. The maximum Gasteiger partial charge on any atom is 0.573 e. The summed E-state index contributed by atoms with van der Waals surface area (Å²) in [7, 11) is 0. The van der Waals surface area contributed by atoms with Crippen molar-refractivity contribution in [3.63, 3.8) is 0 Å². The SMILES string of the molecule is Cl.O=C(c1ccco1)N(CCN1CCOCC1)c1nc2ccc(OC(F)(F)F)cc2s1. The van der Waals surface area contributed by atoms with Crippen LogP contribution in [0.5, 0.6) is 5.75 Å². The van der Waals surface area contributed by atoms with E-state index in [0.29, 0.717) is 41.7 Å². The van der Waals surface area contributed by atoms with Gasteiger partial charge in [0, 0.05) is 32.2 Å². The number of aromatic nitrogens is 1. The first-order valence-electron chi connectivity index (χ1n) is 9.21. The Bertz CT molecular complexity index is 1010. The van der Waals surface area contributed by atoms with Crippen molar-refractivity contribution in [2.24, 2.45) is 0 Å². The average molecular weight is 478 g/mol. The molecule has 1 aliphatic heterocycles. The Morgan fingerprint density at radius 1 is 1.26 bits per heavy atom. The maximum absolute atomic E-state index is 13.0. The smallest absolute Gasteiger partial charge is 0.459 e. The van der Waals surface area contributed by atoms with E-state index in [1.54, 1.807) is 12.1 Å². The van der Waals surface area contributed by atoms with Gasteiger partial charge in [0.2, 0.25) is 0 Å². The van der Waals surface area contributed by atoms with Crippen molar-refractivity contribution < 1.29 is 31.9 Å². The summed E-state index contributed by atoms with van der Waals surface area (Å²) in [6.07, 6.45) is -3.37. The van der Waals surface area contributed by atoms with Crippen LogP contribution in [0.4, 0.5) is 18.3 Å². The molecule has 7 nitrogen and oxygen atoms in total. The second kappa shape index (κ2) is 9.86. The number of hydrogen-bond acceptors (Lipinski definition) is 7. The van der Waals surface area contributed by atoms with E-state index in [1.165, 1.54) is 29.4 Å². The molecule has 0 radical (unpaired) electrons. The van der Waals surface area contributed by atoms with Gasteiger partial charge in [0.25, 0.3) is 5.91 Å². The van der Waals surface area contributed by atoms with Crippen LogP contribution in [0.3, 0.4) is 0 Å². The van der Waals surface area contributed by atoms with Gasteiger partial charge in [-0.3, -0.25) is 14.6 Å². The van der Waals surface area contributed by atoms with Gasteiger partial charge in [0.15, 0.2) is 10.9 Å². The second-order valence-electron chi connectivity index (χ2n) is 6.56. The van der Waals surface area contributed by atoms with Crippen LogP contribution in [0, 0.1) is 0 Å². The molecule has 0 saturated carbocycles. The first-order chi connectivity index (χ1) is 14.4. The number of halogens is 4. The summed E-state index contributed by atoms with van der Waals surface area (Å²) in [5.74, 6) is -0.529. The van der Waals surface area contributed by atoms with Crippen LogP contribution >= 0.6 is 23.7 Å². The molecule has 0 unspecified atom stereocenters. The number of furan rings is 1. The van der Waals surface area contributed by atoms with Crippen LogP contribution in [0.1, 0.15) is 10.6 Å². The molecular weight excluding hydrogens is 459 g/mol. The molecule has 0 bridgehead atoms. The minimum Gasteiger partial charge on any atom is -0.459 e. The Kier molecular flexibility index (Phi) is 7.42. The number of benzene rings is 1. The fourth-order valence-electron chi connectivity index (χ4n) is 3.09. The van der Waals surface area contributed by atoms with E-state index in [-0.39, 0.29) is 29.8 Å². The summed E-state index contributed by atoms with van der Waals surface area (Å²) >= 11 is 1.12. The van der Waals surface area contributed by atoms with Gasteiger partial charge in [0.05, 0.1) is 29.7 Å². The molecule has 3 heterocycles. The minimum absolute atomic E-state index is 0. The van der Waals surface area contributed by atoms with E-state index in [0.717, 1.165) is 24.4 Å². The van der Waals surface area contributed by atoms with Crippen LogP contribution in [0.15, 0.2) is 41.0 Å². The molecule has 12 heteroatoms. The number of carbonyl (C=O) groups excluding carboxylic acids is 1. The van der Waals surface area contributed by atoms with Crippen LogP contribution in [0.25, 0.3) is 10.2 Å². The van der Waals surface area contributed by atoms with E-state index in [1.807, 2.05) is 0 Å². The van der Waals surface area contributed by atoms with Crippen LogP contribution in [-0.2, 0) is 4.74 Å². The van der Waals surface area contributed by atoms with E-state index in [4.69, 9.17) is 9.15 Å². The Morgan fingerprint density at radius 3 is 2.71 bits per heavy atom. The number of morpholine rings is 1. The second-order valence-corrected chi connectivity index (χ2v) is 7.57. The lowest BCUT2D eigenvalue weighted by Gasteiger charge is -2.28. The minimum atomic E-state index is -4.78. The van der Waals surface area contributed by atoms with E-state index >= 15 is 0 Å². The fraction of sp³-hybridized carbons (Fsp3) is 0.368. The van der Waals surface area contributed by atoms with Crippen molar-refractivity contribution in [3.05, 3.63) is 42.4 Å². The Hall–Kier alpha value is -2.34. The molecule has 2 aromatic heterocycles. The largest absolute Gasteiger partial charge is 0.573 e. The highest BCUT2D eigenvalue weighted by molar-refractivity contribution is 7.22. The van der Waals surface area contributed by atoms with Gasteiger partial charge in [-0.05, 0) is 24.3 Å². The van der Waals surface area contributed by atoms with E-state index in [2.05, 4.69) is 14.6 Å². The number of ether oxygens (including phenoxy) is 2. The van der Waals surface area contributed by atoms with Gasteiger partial charge >= 0.3 is 6.36 Å². The van der Waals surface area contributed by atoms with Crippen molar-refractivity contribution in [1.29, 1.82) is 0 Å². The monoisotopic (exact) mass is 477 g/mol. The summed E-state index contributed by atoms with van der Waals surface area (Å²) in [6, 6.07) is 7.08. The molecule has 31 heavy (non-hydrogen) atoms. The fourth-order valence-corrected chi connectivity index (χ4v) is 4.11. The highest BCUT2D eigenvalue weighted by atomic mass is 35.5. The summed E-state index contributed by atoms with van der Waals surface area (Å²) in [6.45, 7) is 3.76. The molecule has 1 fully saturated rings. The zero-order chi connectivity index (χ0) is 21.1. The lowest BCUT2D eigenvalue weighted by atomic mass is 10.3. The average Bonchev–Trinajstić information content (AvgIpc) is 3.37. The number of hydrogen-bond donors (Lipinski definition) is 0. The standard InChI is InChI=1S/C19H18F3N3O4S.ClH/c20-19(21,22)29-13-3-4-14-16(12-13)30-18(23-14)25(17(26)15-2-1-9-28-15)6-5-24-7-10-27-11-8-24;/h1-4,9,12H,5-8,10-11H2;1H. The Labute approximate surface area is 185 Å². The third-order valence-corrected chi connectivity index (χ3v) is 5.57. The summed E-state index contributed by atoms with van der Waals surface area (Å²) < 4.78 is 52.6. The van der Waals surface area contributed by atoms with Gasteiger partial charge in [0.1, 0.15) is 5.75 Å². The predicted octanol–water partition coefficient (Wildman–Crippen LogP) is 4.19. The lowest BCUT2D eigenvalue weighted by molar-refractivity contribution is -0.274. The number of carbonyl (C=O) groups is 1. The van der Waals surface area contributed by atoms with Crippen molar-refractivity contribution in [3.8, 4) is 5.75 Å². The third kappa shape index (κ3) is 5.88. The number of amides is 1. The van der Waals surface area contributed by atoms with Crippen LogP contribution in [0.2, 0.25) is 0 Å². The number of alkyl halides is 3. The van der Waals surface area contributed by atoms with Crippen molar-refractivity contribution in [1.82, 2.24) is 9.88 Å². The normalized spacial score (nSPS) is 14.9. The molecule has 0 spiro atoms. The Morgan fingerprint density at radius 2 is 2.03 bits per heavy atom. The highest BCUT2D eigenvalue weighted by Gasteiger charge is 2.31. The summed E-state index contributed by atoms with van der Waals surface area (Å²) in [4.78, 5) is 21.1. The van der Waals surface area contributed by atoms with Crippen LogP contribution < -0.4 is 9.64 Å². The van der Waals surface area contributed by atoms with Gasteiger partial charge in [-0.1, -0.05) is 11.3 Å². The van der Waals surface area contributed by atoms with Crippen LogP contribution in [-0.4, -0.2) is 61.5 Å². The Balaban J connectivity index is 0.00000272. The zero-order valence-corrected chi connectivity index (χ0v) is 17.8. The molecule has 168 valence electrons. The molecule has 1 amide bonds. The molecule has 1 aromatic carbocycles. The van der Waals surface area contributed by atoms with E-state index < -0.39 is 6.36 Å². The topological polar surface area (TPSA) is 68.0 Å². The lowest BCUT2D eigenvalue weighted by Crippen LogP contribution is -2.43. The molecule has 1 saturated heterocycles. The molecule has 3 aromatic rings. The van der Waals surface area contributed by atoms with Gasteiger partial charge in [-0.2, -0.15) is 0 Å². The first kappa shape index (κ1) is 23.3.